The Hall–Kier alpha value is -3.47. The lowest BCUT2D eigenvalue weighted by molar-refractivity contribution is 0.102. The first-order chi connectivity index (χ1) is 13.1. The highest BCUT2D eigenvalue weighted by molar-refractivity contribution is 6.08. The highest BCUT2D eigenvalue weighted by Crippen LogP contribution is 2.21. The fraction of sp³-hybridized carbons (Fsp3) is 0.136. The first-order valence-electron chi connectivity index (χ1n) is 8.80. The van der Waals surface area contributed by atoms with Gasteiger partial charge in [0.1, 0.15) is 5.69 Å². The number of para-hydroxylation sites is 2. The molecular weight excluding hydrogens is 338 g/mol. The molecule has 1 heterocycles. The number of rotatable bonds is 5. The third kappa shape index (κ3) is 4.39. The zero-order chi connectivity index (χ0) is 19.2. The van der Waals surface area contributed by atoms with Crippen LogP contribution in [0.1, 0.15) is 38.9 Å². The van der Waals surface area contributed by atoms with Crippen molar-refractivity contribution in [3.8, 4) is 0 Å². The van der Waals surface area contributed by atoms with Crippen LogP contribution in [0.3, 0.4) is 0 Å². The highest BCUT2D eigenvalue weighted by atomic mass is 16.2. The number of anilines is 2. The molecule has 0 aliphatic heterocycles. The van der Waals surface area contributed by atoms with Crippen LogP contribution in [0.5, 0.6) is 0 Å². The van der Waals surface area contributed by atoms with E-state index in [1.807, 2.05) is 50.2 Å². The number of aryl methyl sites for hydroxylation is 2. The van der Waals surface area contributed by atoms with E-state index in [4.69, 9.17) is 0 Å². The molecule has 2 aromatic carbocycles. The molecule has 0 unspecified atom stereocenters. The number of nitrogens with zero attached hydrogens (tertiary/aromatic N) is 1. The molecule has 3 rings (SSSR count). The third-order valence-corrected chi connectivity index (χ3v) is 4.26. The number of carbonyl (C=O) groups is 2. The monoisotopic (exact) mass is 359 g/mol. The summed E-state index contributed by atoms with van der Waals surface area (Å²) < 4.78 is 0. The summed E-state index contributed by atoms with van der Waals surface area (Å²) in [6.45, 7) is 3.99. The topological polar surface area (TPSA) is 71.1 Å². The standard InChI is InChI=1S/C22H21N3O2/c1-3-16-9-7-8-15(2)20(16)25-22(27)19-14-17(12-13-23-19)21(26)24-18-10-5-4-6-11-18/h4-14H,3H2,1-2H3,(H,24,26)(H,25,27). The molecule has 0 bridgehead atoms. The van der Waals surface area contributed by atoms with Gasteiger partial charge in [-0.3, -0.25) is 14.6 Å². The maximum atomic E-state index is 12.7. The summed E-state index contributed by atoms with van der Waals surface area (Å²) in [6, 6.07) is 18.2. The first-order valence-corrected chi connectivity index (χ1v) is 8.80. The molecule has 3 aromatic rings. The molecule has 5 heteroatoms. The van der Waals surface area contributed by atoms with Crippen LogP contribution in [-0.2, 0) is 6.42 Å². The van der Waals surface area contributed by atoms with Gasteiger partial charge in [-0.1, -0.05) is 43.3 Å². The fourth-order valence-electron chi connectivity index (χ4n) is 2.80. The van der Waals surface area contributed by atoms with E-state index in [9.17, 15) is 9.59 Å². The Bertz CT molecular complexity index is 968. The normalized spacial score (nSPS) is 10.3. The van der Waals surface area contributed by atoms with Gasteiger partial charge in [-0.25, -0.2) is 0 Å². The number of benzene rings is 2. The van der Waals surface area contributed by atoms with E-state index in [2.05, 4.69) is 15.6 Å². The van der Waals surface area contributed by atoms with Gasteiger partial charge in [0.2, 0.25) is 0 Å². The second kappa shape index (κ2) is 8.27. The summed E-state index contributed by atoms with van der Waals surface area (Å²) in [5, 5.41) is 5.73. The van der Waals surface area contributed by atoms with E-state index in [1.54, 1.807) is 18.2 Å². The van der Waals surface area contributed by atoms with Gasteiger partial charge in [0.05, 0.1) is 0 Å². The molecule has 5 nitrogen and oxygen atoms in total. The third-order valence-electron chi connectivity index (χ3n) is 4.26. The number of hydrogen-bond donors (Lipinski definition) is 2. The van der Waals surface area contributed by atoms with Crippen molar-refractivity contribution in [3.63, 3.8) is 0 Å². The average molecular weight is 359 g/mol. The maximum Gasteiger partial charge on any atom is 0.274 e. The second-order valence-electron chi connectivity index (χ2n) is 6.17. The number of carbonyl (C=O) groups excluding carboxylic acids is 2. The Morgan fingerprint density at radius 1 is 0.926 bits per heavy atom. The Morgan fingerprint density at radius 3 is 2.44 bits per heavy atom. The van der Waals surface area contributed by atoms with Gasteiger partial charge in [0.15, 0.2) is 0 Å². The van der Waals surface area contributed by atoms with Crippen molar-refractivity contribution >= 4 is 23.2 Å². The molecule has 0 fully saturated rings. The van der Waals surface area contributed by atoms with Crippen LogP contribution in [0, 0.1) is 6.92 Å². The van der Waals surface area contributed by atoms with Gasteiger partial charge < -0.3 is 10.6 Å². The van der Waals surface area contributed by atoms with Crippen molar-refractivity contribution in [3.05, 3.63) is 89.2 Å². The lowest BCUT2D eigenvalue weighted by Gasteiger charge is -2.13. The summed E-state index contributed by atoms with van der Waals surface area (Å²) in [7, 11) is 0. The Kier molecular flexibility index (Phi) is 5.61. The van der Waals surface area contributed by atoms with Crippen molar-refractivity contribution in [2.75, 3.05) is 10.6 Å². The Balaban J connectivity index is 1.79. The maximum absolute atomic E-state index is 12.7. The Morgan fingerprint density at radius 2 is 1.70 bits per heavy atom. The molecule has 0 atom stereocenters. The molecule has 2 amide bonds. The van der Waals surface area contributed by atoms with Gasteiger partial charge in [0, 0.05) is 23.1 Å². The van der Waals surface area contributed by atoms with Crippen LogP contribution < -0.4 is 10.6 Å². The SMILES string of the molecule is CCc1cccc(C)c1NC(=O)c1cc(C(=O)Nc2ccccc2)ccn1. The number of hydrogen-bond acceptors (Lipinski definition) is 3. The van der Waals surface area contributed by atoms with Crippen LogP contribution in [0.15, 0.2) is 66.9 Å². The molecule has 0 radical (unpaired) electrons. The van der Waals surface area contributed by atoms with E-state index in [0.717, 1.165) is 23.2 Å². The predicted octanol–water partition coefficient (Wildman–Crippen LogP) is 4.46. The lowest BCUT2D eigenvalue weighted by atomic mass is 10.1. The molecule has 27 heavy (non-hydrogen) atoms. The Labute approximate surface area is 158 Å². The van der Waals surface area contributed by atoms with Crippen LogP contribution >= 0.6 is 0 Å². The number of pyridine rings is 1. The summed E-state index contributed by atoms with van der Waals surface area (Å²) in [6.07, 6.45) is 2.28. The van der Waals surface area contributed by atoms with Crippen LogP contribution in [0.25, 0.3) is 0 Å². The highest BCUT2D eigenvalue weighted by Gasteiger charge is 2.14. The number of nitrogens with one attached hydrogen (secondary N) is 2. The number of amides is 2. The molecule has 0 aliphatic carbocycles. The van der Waals surface area contributed by atoms with Crippen molar-refractivity contribution in [2.24, 2.45) is 0 Å². The molecule has 1 aromatic heterocycles. The zero-order valence-corrected chi connectivity index (χ0v) is 15.3. The van der Waals surface area contributed by atoms with Gasteiger partial charge in [0.25, 0.3) is 11.8 Å². The summed E-state index contributed by atoms with van der Waals surface area (Å²) in [4.78, 5) is 29.2. The predicted molar refractivity (Wildman–Crippen MR) is 107 cm³/mol. The van der Waals surface area contributed by atoms with Crippen molar-refractivity contribution in [2.45, 2.75) is 20.3 Å². The van der Waals surface area contributed by atoms with E-state index in [0.29, 0.717) is 11.3 Å². The van der Waals surface area contributed by atoms with Crippen LogP contribution in [0.2, 0.25) is 0 Å². The van der Waals surface area contributed by atoms with Gasteiger partial charge in [-0.15, -0.1) is 0 Å². The van der Waals surface area contributed by atoms with Gasteiger partial charge in [-0.05, 0) is 48.7 Å². The van der Waals surface area contributed by atoms with Crippen molar-refractivity contribution in [1.29, 1.82) is 0 Å². The van der Waals surface area contributed by atoms with E-state index < -0.39 is 0 Å². The largest absolute Gasteiger partial charge is 0.322 e. The minimum Gasteiger partial charge on any atom is -0.322 e. The fourth-order valence-corrected chi connectivity index (χ4v) is 2.80. The zero-order valence-electron chi connectivity index (χ0n) is 15.3. The van der Waals surface area contributed by atoms with Crippen LogP contribution in [0.4, 0.5) is 11.4 Å². The van der Waals surface area contributed by atoms with E-state index >= 15 is 0 Å². The second-order valence-corrected chi connectivity index (χ2v) is 6.17. The molecule has 0 aliphatic rings. The number of aromatic nitrogens is 1. The van der Waals surface area contributed by atoms with Crippen LogP contribution in [-0.4, -0.2) is 16.8 Å². The molecular formula is C22H21N3O2. The van der Waals surface area contributed by atoms with E-state index in [1.165, 1.54) is 12.3 Å². The minimum absolute atomic E-state index is 0.195. The van der Waals surface area contributed by atoms with Crippen molar-refractivity contribution in [1.82, 2.24) is 4.98 Å². The summed E-state index contributed by atoms with van der Waals surface area (Å²) >= 11 is 0. The summed E-state index contributed by atoms with van der Waals surface area (Å²) in [5.41, 5.74) is 4.10. The van der Waals surface area contributed by atoms with E-state index in [-0.39, 0.29) is 17.5 Å². The molecule has 2 N–H and O–H groups in total. The molecule has 0 saturated heterocycles. The smallest absolute Gasteiger partial charge is 0.274 e. The first kappa shape index (κ1) is 18.3. The van der Waals surface area contributed by atoms with Gasteiger partial charge >= 0.3 is 0 Å². The molecule has 0 saturated carbocycles. The average Bonchev–Trinajstić information content (AvgIpc) is 2.70. The minimum atomic E-state index is -0.339. The lowest BCUT2D eigenvalue weighted by Crippen LogP contribution is -2.18. The van der Waals surface area contributed by atoms with Crippen molar-refractivity contribution < 1.29 is 9.59 Å². The summed E-state index contributed by atoms with van der Waals surface area (Å²) in [5.74, 6) is -0.629. The molecule has 0 spiro atoms. The van der Waals surface area contributed by atoms with Gasteiger partial charge in [-0.2, -0.15) is 0 Å². The molecule has 136 valence electrons. The quantitative estimate of drug-likeness (QED) is 0.707.